The van der Waals surface area contributed by atoms with Crippen LogP contribution in [0.5, 0.6) is 0 Å². The molecule has 1 unspecified atom stereocenters. The Morgan fingerprint density at radius 1 is 1.50 bits per heavy atom. The number of guanidine groups is 1. The van der Waals surface area contributed by atoms with Crippen LogP contribution < -0.4 is 5.32 Å². The summed E-state index contributed by atoms with van der Waals surface area (Å²) in [6.45, 7) is 10.7. The Kier molecular flexibility index (Phi) is 6.21. The van der Waals surface area contributed by atoms with Gasteiger partial charge >= 0.3 is 0 Å². The summed E-state index contributed by atoms with van der Waals surface area (Å²) in [6, 6.07) is 0. The molecule has 0 radical (unpaired) electrons. The fraction of sp³-hybridized carbons (Fsp3) is 0.812. The molecule has 0 amide bonds. The molecule has 1 aliphatic heterocycles. The molecule has 22 heavy (non-hydrogen) atoms. The van der Waals surface area contributed by atoms with Crippen molar-refractivity contribution < 1.29 is 0 Å². The molecule has 6 nitrogen and oxygen atoms in total. The molecule has 1 aromatic heterocycles. The second kappa shape index (κ2) is 8.15. The van der Waals surface area contributed by atoms with Gasteiger partial charge in [-0.2, -0.15) is 0 Å². The number of aromatic nitrogens is 3. The average Bonchev–Trinajstić information content (AvgIpc) is 3.12. The fourth-order valence-electron chi connectivity index (χ4n) is 3.24. The minimum atomic E-state index is 0.779. The van der Waals surface area contributed by atoms with Crippen molar-refractivity contribution in [3.63, 3.8) is 0 Å². The number of hydrogen-bond donors (Lipinski definition) is 1. The Balaban J connectivity index is 1.78. The smallest absolute Gasteiger partial charge is 0.193 e. The van der Waals surface area contributed by atoms with Crippen LogP contribution >= 0.6 is 0 Å². The first kappa shape index (κ1) is 16.8. The first-order valence-electron chi connectivity index (χ1n) is 8.46. The largest absolute Gasteiger partial charge is 0.354 e. The molecule has 0 aromatic carbocycles. The highest BCUT2D eigenvalue weighted by Crippen LogP contribution is 2.23. The van der Waals surface area contributed by atoms with Gasteiger partial charge in [0, 0.05) is 39.6 Å². The maximum Gasteiger partial charge on any atom is 0.193 e. The predicted molar refractivity (Wildman–Crippen MR) is 89.9 cm³/mol. The molecule has 1 atom stereocenters. The van der Waals surface area contributed by atoms with E-state index in [9.17, 15) is 0 Å². The van der Waals surface area contributed by atoms with Gasteiger partial charge in [-0.1, -0.05) is 20.8 Å². The Hall–Kier alpha value is -1.59. The van der Waals surface area contributed by atoms with Crippen LogP contribution in [0.1, 0.15) is 39.4 Å². The van der Waals surface area contributed by atoms with E-state index in [1.165, 1.54) is 12.8 Å². The van der Waals surface area contributed by atoms with E-state index in [2.05, 4.69) is 50.7 Å². The third kappa shape index (κ3) is 4.45. The van der Waals surface area contributed by atoms with E-state index < -0.39 is 0 Å². The molecule has 1 saturated heterocycles. The first-order valence-corrected chi connectivity index (χ1v) is 8.46. The Morgan fingerprint density at radius 2 is 2.32 bits per heavy atom. The van der Waals surface area contributed by atoms with Gasteiger partial charge in [-0.15, -0.1) is 10.2 Å². The zero-order chi connectivity index (χ0) is 15.9. The number of nitrogens with zero attached hydrogens (tertiary/aromatic N) is 5. The molecule has 0 bridgehead atoms. The Morgan fingerprint density at radius 3 is 3.00 bits per heavy atom. The number of nitrogens with one attached hydrogen (secondary N) is 1. The number of rotatable bonds is 6. The number of aryl methyl sites for hydroxylation is 1. The molecule has 0 spiro atoms. The van der Waals surface area contributed by atoms with Crippen LogP contribution in [0.3, 0.4) is 0 Å². The van der Waals surface area contributed by atoms with Crippen LogP contribution in [0.15, 0.2) is 11.3 Å². The van der Waals surface area contributed by atoms with E-state index in [0.29, 0.717) is 0 Å². The highest BCUT2D eigenvalue weighted by Gasteiger charge is 2.25. The van der Waals surface area contributed by atoms with Crippen LogP contribution in [0.4, 0.5) is 0 Å². The second-order valence-corrected chi connectivity index (χ2v) is 6.50. The zero-order valence-electron chi connectivity index (χ0n) is 14.4. The van der Waals surface area contributed by atoms with Crippen molar-refractivity contribution >= 4 is 5.96 Å². The fourth-order valence-corrected chi connectivity index (χ4v) is 3.24. The number of hydrogen-bond acceptors (Lipinski definition) is 3. The Labute approximate surface area is 134 Å². The van der Waals surface area contributed by atoms with Crippen molar-refractivity contribution in [2.75, 3.05) is 26.7 Å². The van der Waals surface area contributed by atoms with Gasteiger partial charge in [-0.3, -0.25) is 4.99 Å². The zero-order valence-corrected chi connectivity index (χ0v) is 14.4. The van der Waals surface area contributed by atoms with Crippen LogP contribution in [0.25, 0.3) is 0 Å². The van der Waals surface area contributed by atoms with Gasteiger partial charge in [0.25, 0.3) is 0 Å². The summed E-state index contributed by atoms with van der Waals surface area (Å²) in [5, 5.41) is 11.6. The van der Waals surface area contributed by atoms with Crippen molar-refractivity contribution in [3.05, 3.63) is 12.2 Å². The second-order valence-electron chi connectivity index (χ2n) is 6.50. The van der Waals surface area contributed by atoms with Crippen LogP contribution in [0.2, 0.25) is 0 Å². The van der Waals surface area contributed by atoms with Gasteiger partial charge in [-0.05, 0) is 24.7 Å². The van der Waals surface area contributed by atoms with E-state index in [0.717, 1.165) is 56.2 Å². The summed E-state index contributed by atoms with van der Waals surface area (Å²) in [5.74, 6) is 3.65. The number of aliphatic imine (C=N–C) groups is 1. The lowest BCUT2D eigenvalue weighted by molar-refractivity contribution is 0.403. The maximum atomic E-state index is 4.44. The van der Waals surface area contributed by atoms with Gasteiger partial charge < -0.3 is 14.8 Å². The van der Waals surface area contributed by atoms with E-state index in [4.69, 9.17) is 0 Å². The molecule has 1 aliphatic rings. The molecule has 2 rings (SSSR count). The summed E-state index contributed by atoms with van der Waals surface area (Å²) in [5.41, 5.74) is 0. The highest BCUT2D eigenvalue weighted by molar-refractivity contribution is 5.80. The highest BCUT2D eigenvalue weighted by atomic mass is 15.3. The lowest BCUT2D eigenvalue weighted by Crippen LogP contribution is -2.41. The summed E-state index contributed by atoms with van der Waals surface area (Å²) >= 11 is 0. The standard InChI is InChI=1S/C16H30N6/c1-5-15-20-19-12-22(15)9-7-18-16(17-4)21-8-6-14(11-21)10-13(2)3/h12-14H,5-11H2,1-4H3,(H,17,18). The molecule has 2 heterocycles. The van der Waals surface area contributed by atoms with Crippen molar-refractivity contribution in [2.45, 2.75) is 46.6 Å². The van der Waals surface area contributed by atoms with Gasteiger partial charge in [0.2, 0.25) is 0 Å². The maximum absolute atomic E-state index is 4.44. The van der Waals surface area contributed by atoms with Crippen LogP contribution in [0, 0.1) is 11.8 Å². The van der Waals surface area contributed by atoms with Gasteiger partial charge in [0.1, 0.15) is 12.2 Å². The molecule has 1 N–H and O–H groups in total. The van der Waals surface area contributed by atoms with E-state index in [-0.39, 0.29) is 0 Å². The van der Waals surface area contributed by atoms with Gasteiger partial charge in [-0.25, -0.2) is 0 Å². The lowest BCUT2D eigenvalue weighted by atomic mass is 9.97. The lowest BCUT2D eigenvalue weighted by Gasteiger charge is -2.22. The third-order valence-corrected chi connectivity index (χ3v) is 4.25. The normalized spacial score (nSPS) is 19.2. The van der Waals surface area contributed by atoms with Crippen molar-refractivity contribution in [1.29, 1.82) is 0 Å². The summed E-state index contributed by atoms with van der Waals surface area (Å²) < 4.78 is 2.10. The molecule has 1 fully saturated rings. The van der Waals surface area contributed by atoms with Crippen LogP contribution in [-0.4, -0.2) is 52.3 Å². The van der Waals surface area contributed by atoms with E-state index in [1.54, 1.807) is 6.33 Å². The predicted octanol–water partition coefficient (Wildman–Crippen LogP) is 1.78. The molecular formula is C16H30N6. The topological polar surface area (TPSA) is 58.3 Å². The van der Waals surface area contributed by atoms with Gasteiger partial charge in [0.05, 0.1) is 0 Å². The summed E-state index contributed by atoms with van der Waals surface area (Å²) in [6.07, 6.45) is 5.31. The minimum Gasteiger partial charge on any atom is -0.354 e. The molecule has 6 heteroatoms. The van der Waals surface area contributed by atoms with Gasteiger partial charge in [0.15, 0.2) is 5.96 Å². The summed E-state index contributed by atoms with van der Waals surface area (Å²) in [7, 11) is 1.87. The van der Waals surface area contributed by atoms with Crippen molar-refractivity contribution in [3.8, 4) is 0 Å². The average molecular weight is 306 g/mol. The van der Waals surface area contributed by atoms with Crippen molar-refractivity contribution in [1.82, 2.24) is 25.0 Å². The number of likely N-dealkylation sites (tertiary alicyclic amines) is 1. The summed E-state index contributed by atoms with van der Waals surface area (Å²) in [4.78, 5) is 6.82. The van der Waals surface area contributed by atoms with Crippen LogP contribution in [-0.2, 0) is 13.0 Å². The molecule has 0 saturated carbocycles. The molecular weight excluding hydrogens is 276 g/mol. The monoisotopic (exact) mass is 306 g/mol. The Bertz CT molecular complexity index is 479. The first-order chi connectivity index (χ1) is 10.6. The minimum absolute atomic E-state index is 0.779. The third-order valence-electron chi connectivity index (χ3n) is 4.25. The van der Waals surface area contributed by atoms with E-state index in [1.807, 2.05) is 7.05 Å². The molecule has 124 valence electrons. The SMILES string of the molecule is CCc1nncn1CCNC(=NC)N1CCC(CC(C)C)C1. The quantitative estimate of drug-likeness (QED) is 0.643. The van der Waals surface area contributed by atoms with Crippen molar-refractivity contribution in [2.24, 2.45) is 16.8 Å². The molecule has 0 aliphatic carbocycles. The van der Waals surface area contributed by atoms with E-state index >= 15 is 0 Å². The molecule has 1 aromatic rings.